The van der Waals surface area contributed by atoms with Crippen molar-refractivity contribution in [3.63, 3.8) is 0 Å². The zero-order valence-electron chi connectivity index (χ0n) is 13.7. The van der Waals surface area contributed by atoms with Crippen LogP contribution in [0.25, 0.3) is 0 Å². The molecule has 1 aliphatic heterocycles. The number of hydroxylamine groups is 2. The lowest BCUT2D eigenvalue weighted by molar-refractivity contribution is -0.177. The van der Waals surface area contributed by atoms with Crippen LogP contribution in [0.2, 0.25) is 0 Å². The highest BCUT2D eigenvalue weighted by atomic mass is 16.7. The molecule has 23 heavy (non-hydrogen) atoms. The molecule has 1 fully saturated rings. The van der Waals surface area contributed by atoms with Crippen molar-refractivity contribution in [3.05, 3.63) is 35.4 Å². The van der Waals surface area contributed by atoms with E-state index < -0.39 is 17.8 Å². The summed E-state index contributed by atoms with van der Waals surface area (Å²) in [5, 5.41) is 0.610. The SMILES string of the molecule is C[C@@H]1C[C@H](C(=O)ON2C(=O)c3ccccc3C2=O)CC(C)(C)C1. The summed E-state index contributed by atoms with van der Waals surface area (Å²) >= 11 is 0. The fourth-order valence-electron chi connectivity index (χ4n) is 3.94. The minimum atomic E-state index is -0.568. The molecule has 1 aliphatic carbocycles. The fraction of sp³-hybridized carbons (Fsp3) is 0.500. The minimum Gasteiger partial charge on any atom is -0.329 e. The molecule has 122 valence electrons. The molecule has 2 atom stereocenters. The first-order valence-corrected chi connectivity index (χ1v) is 7.98. The Morgan fingerprint density at radius 1 is 1.13 bits per heavy atom. The number of rotatable bonds is 2. The third kappa shape index (κ3) is 2.87. The smallest absolute Gasteiger partial charge is 0.329 e. The van der Waals surface area contributed by atoms with Gasteiger partial charge >= 0.3 is 5.97 Å². The van der Waals surface area contributed by atoms with Gasteiger partial charge in [0.1, 0.15) is 0 Å². The maximum Gasteiger partial charge on any atom is 0.336 e. The van der Waals surface area contributed by atoms with Gasteiger partial charge in [-0.25, -0.2) is 4.79 Å². The van der Waals surface area contributed by atoms with Gasteiger partial charge in [-0.2, -0.15) is 0 Å². The predicted molar refractivity (Wildman–Crippen MR) is 83.3 cm³/mol. The summed E-state index contributed by atoms with van der Waals surface area (Å²) < 4.78 is 0. The summed E-state index contributed by atoms with van der Waals surface area (Å²) in [5.74, 6) is -1.49. The summed E-state index contributed by atoms with van der Waals surface area (Å²) in [6, 6.07) is 6.49. The maximum atomic E-state index is 12.5. The van der Waals surface area contributed by atoms with E-state index in [1.165, 1.54) is 0 Å². The van der Waals surface area contributed by atoms with Gasteiger partial charge in [0.2, 0.25) is 0 Å². The molecular formula is C18H21NO4. The Balaban J connectivity index is 1.74. The van der Waals surface area contributed by atoms with E-state index in [4.69, 9.17) is 4.84 Å². The van der Waals surface area contributed by atoms with Crippen molar-refractivity contribution in [2.75, 3.05) is 0 Å². The molecule has 1 aromatic carbocycles. The summed E-state index contributed by atoms with van der Waals surface area (Å²) in [4.78, 5) is 42.1. The van der Waals surface area contributed by atoms with Crippen LogP contribution in [0.15, 0.2) is 24.3 Å². The normalized spacial score (nSPS) is 26.1. The summed E-state index contributed by atoms with van der Waals surface area (Å²) in [7, 11) is 0. The van der Waals surface area contributed by atoms with Crippen LogP contribution in [-0.2, 0) is 9.63 Å². The van der Waals surface area contributed by atoms with Gasteiger partial charge < -0.3 is 4.84 Å². The second-order valence-electron chi connectivity index (χ2n) is 7.47. The molecule has 0 N–H and O–H groups in total. The highest BCUT2D eigenvalue weighted by Crippen LogP contribution is 2.42. The van der Waals surface area contributed by atoms with Crippen molar-refractivity contribution >= 4 is 17.8 Å². The van der Waals surface area contributed by atoms with Crippen molar-refractivity contribution in [2.24, 2.45) is 17.3 Å². The van der Waals surface area contributed by atoms with E-state index in [0.717, 1.165) is 12.8 Å². The largest absolute Gasteiger partial charge is 0.336 e. The summed E-state index contributed by atoms with van der Waals surface area (Å²) in [5.41, 5.74) is 0.619. The van der Waals surface area contributed by atoms with Gasteiger partial charge in [0.05, 0.1) is 17.0 Å². The number of benzene rings is 1. The molecular weight excluding hydrogens is 294 g/mol. The van der Waals surface area contributed by atoms with Crippen molar-refractivity contribution < 1.29 is 19.2 Å². The number of carbonyl (C=O) groups is 3. The van der Waals surface area contributed by atoms with Gasteiger partial charge in [0.25, 0.3) is 11.8 Å². The standard InChI is InChI=1S/C18H21NO4/c1-11-8-12(10-18(2,3)9-11)17(22)23-19-15(20)13-6-4-5-7-14(13)16(19)21/h4-7,11-12H,8-10H2,1-3H3/t11-,12+/m1/s1. The van der Waals surface area contributed by atoms with Crippen molar-refractivity contribution in [1.29, 1.82) is 0 Å². The van der Waals surface area contributed by atoms with Crippen LogP contribution in [-0.4, -0.2) is 22.8 Å². The zero-order chi connectivity index (χ0) is 16.8. The Morgan fingerprint density at radius 3 is 2.22 bits per heavy atom. The number of fused-ring (bicyclic) bond motifs is 1. The number of amides is 2. The van der Waals surface area contributed by atoms with E-state index in [9.17, 15) is 14.4 Å². The molecule has 1 saturated carbocycles. The first-order chi connectivity index (χ1) is 10.8. The zero-order valence-corrected chi connectivity index (χ0v) is 13.7. The fourth-order valence-corrected chi connectivity index (χ4v) is 3.94. The first-order valence-electron chi connectivity index (χ1n) is 7.98. The maximum absolute atomic E-state index is 12.5. The third-order valence-electron chi connectivity index (χ3n) is 4.66. The van der Waals surface area contributed by atoms with Crippen molar-refractivity contribution in [3.8, 4) is 0 Å². The summed E-state index contributed by atoms with van der Waals surface area (Å²) in [6.07, 6.45) is 2.49. The third-order valence-corrected chi connectivity index (χ3v) is 4.66. The molecule has 0 radical (unpaired) electrons. The Labute approximate surface area is 135 Å². The van der Waals surface area contributed by atoms with E-state index >= 15 is 0 Å². The molecule has 2 amide bonds. The Hall–Kier alpha value is -2.17. The predicted octanol–water partition coefficient (Wildman–Crippen LogP) is 3.20. The molecule has 0 aromatic heterocycles. The summed E-state index contributed by atoms with van der Waals surface area (Å²) in [6.45, 7) is 6.37. The molecule has 1 heterocycles. The van der Waals surface area contributed by atoms with Crippen LogP contribution >= 0.6 is 0 Å². The molecule has 5 nitrogen and oxygen atoms in total. The van der Waals surface area contributed by atoms with Gasteiger partial charge in [0.15, 0.2) is 0 Å². The van der Waals surface area contributed by atoms with Crippen molar-refractivity contribution in [2.45, 2.75) is 40.0 Å². The lowest BCUT2D eigenvalue weighted by atomic mass is 9.68. The van der Waals surface area contributed by atoms with Crippen LogP contribution < -0.4 is 0 Å². The van der Waals surface area contributed by atoms with Crippen LogP contribution in [0.3, 0.4) is 0 Å². The van der Waals surface area contributed by atoms with Crippen LogP contribution in [0.1, 0.15) is 60.7 Å². The highest BCUT2D eigenvalue weighted by molar-refractivity contribution is 6.20. The first kappa shape index (κ1) is 15.7. The Bertz CT molecular complexity index is 644. The van der Waals surface area contributed by atoms with Gasteiger partial charge in [-0.1, -0.05) is 38.0 Å². The van der Waals surface area contributed by atoms with Gasteiger partial charge in [-0.3, -0.25) is 9.59 Å². The lowest BCUT2D eigenvalue weighted by Crippen LogP contribution is -2.38. The molecule has 1 aromatic rings. The number of hydrogen-bond acceptors (Lipinski definition) is 4. The van der Waals surface area contributed by atoms with E-state index in [0.29, 0.717) is 17.4 Å². The Kier molecular flexibility index (Phi) is 3.74. The lowest BCUT2D eigenvalue weighted by Gasteiger charge is -2.37. The monoisotopic (exact) mass is 315 g/mol. The second-order valence-corrected chi connectivity index (χ2v) is 7.47. The average molecular weight is 315 g/mol. The van der Waals surface area contributed by atoms with Crippen LogP contribution in [0.5, 0.6) is 0 Å². The number of carbonyl (C=O) groups excluding carboxylic acids is 3. The van der Waals surface area contributed by atoms with E-state index in [1.807, 2.05) is 0 Å². The molecule has 0 spiro atoms. The van der Waals surface area contributed by atoms with E-state index in [1.54, 1.807) is 24.3 Å². The Morgan fingerprint density at radius 2 is 1.70 bits per heavy atom. The van der Waals surface area contributed by atoms with E-state index in [-0.39, 0.29) is 22.5 Å². The number of nitrogens with zero attached hydrogens (tertiary/aromatic N) is 1. The van der Waals surface area contributed by atoms with Gasteiger partial charge in [-0.15, -0.1) is 0 Å². The molecule has 0 saturated heterocycles. The van der Waals surface area contributed by atoms with Gasteiger partial charge in [-0.05, 0) is 42.7 Å². The van der Waals surface area contributed by atoms with Crippen LogP contribution in [0.4, 0.5) is 0 Å². The van der Waals surface area contributed by atoms with Crippen molar-refractivity contribution in [1.82, 2.24) is 5.06 Å². The second kappa shape index (κ2) is 5.48. The molecule has 0 unspecified atom stereocenters. The van der Waals surface area contributed by atoms with Gasteiger partial charge in [0, 0.05) is 0 Å². The average Bonchev–Trinajstić information content (AvgIpc) is 2.71. The van der Waals surface area contributed by atoms with E-state index in [2.05, 4.69) is 20.8 Å². The van der Waals surface area contributed by atoms with Crippen LogP contribution in [0, 0.1) is 17.3 Å². The molecule has 2 aliphatic rings. The molecule has 3 rings (SSSR count). The topological polar surface area (TPSA) is 63.7 Å². The quantitative estimate of drug-likeness (QED) is 0.786. The molecule has 5 heteroatoms. The highest BCUT2D eigenvalue weighted by Gasteiger charge is 2.42. The number of imide groups is 1. The number of hydrogen-bond donors (Lipinski definition) is 0. The molecule has 0 bridgehead atoms. The minimum absolute atomic E-state index is 0.0589.